The highest BCUT2D eigenvalue weighted by Crippen LogP contribution is 2.32. The van der Waals surface area contributed by atoms with Gasteiger partial charge in [-0.1, -0.05) is 23.5 Å². The summed E-state index contributed by atoms with van der Waals surface area (Å²) < 4.78 is 19.7. The Morgan fingerprint density at radius 3 is 2.96 bits per heavy atom. The predicted molar refractivity (Wildman–Crippen MR) is 92.6 cm³/mol. The number of fused-ring (bicyclic) bond motifs is 1. The van der Waals surface area contributed by atoms with Gasteiger partial charge in [-0.05, 0) is 45.8 Å². The molecular weight excluding hydrogens is 383 g/mol. The van der Waals surface area contributed by atoms with Crippen LogP contribution in [-0.4, -0.2) is 18.0 Å². The van der Waals surface area contributed by atoms with Crippen LogP contribution in [0.4, 0.5) is 9.52 Å². The first-order valence-corrected chi connectivity index (χ1v) is 8.35. The normalized spacial score (nSPS) is 10.7. The van der Waals surface area contributed by atoms with E-state index < -0.39 is 0 Å². The van der Waals surface area contributed by atoms with Crippen LogP contribution in [0, 0.1) is 5.82 Å². The summed E-state index contributed by atoms with van der Waals surface area (Å²) in [6.07, 6.45) is 0.145. The maximum atomic E-state index is 13.2. The summed E-state index contributed by atoms with van der Waals surface area (Å²) in [5, 5.41) is 3.28. The molecule has 1 amide bonds. The van der Waals surface area contributed by atoms with Crippen molar-refractivity contribution < 1.29 is 13.9 Å². The van der Waals surface area contributed by atoms with Gasteiger partial charge < -0.3 is 10.1 Å². The van der Waals surface area contributed by atoms with Crippen LogP contribution >= 0.6 is 27.3 Å². The van der Waals surface area contributed by atoms with Gasteiger partial charge in [0.05, 0.1) is 22.7 Å². The van der Waals surface area contributed by atoms with Gasteiger partial charge in [0.2, 0.25) is 5.91 Å². The van der Waals surface area contributed by atoms with Crippen molar-refractivity contribution in [2.45, 2.75) is 6.42 Å². The number of carbonyl (C=O) groups is 1. The Labute approximate surface area is 144 Å². The third-order valence-corrected chi connectivity index (χ3v) is 4.74. The quantitative estimate of drug-likeness (QED) is 0.713. The fourth-order valence-corrected chi connectivity index (χ4v) is 3.47. The van der Waals surface area contributed by atoms with Gasteiger partial charge in [0.15, 0.2) is 5.13 Å². The maximum Gasteiger partial charge on any atom is 0.230 e. The van der Waals surface area contributed by atoms with Gasteiger partial charge >= 0.3 is 0 Å². The first-order chi connectivity index (χ1) is 11.1. The zero-order valence-electron chi connectivity index (χ0n) is 12.1. The van der Waals surface area contributed by atoms with E-state index in [0.29, 0.717) is 15.4 Å². The number of hydrogen-bond acceptors (Lipinski definition) is 4. The van der Waals surface area contributed by atoms with Crippen LogP contribution in [-0.2, 0) is 11.2 Å². The summed E-state index contributed by atoms with van der Waals surface area (Å²) in [7, 11) is 1.58. The summed E-state index contributed by atoms with van der Waals surface area (Å²) in [6, 6.07) is 10.1. The van der Waals surface area contributed by atoms with E-state index in [2.05, 4.69) is 26.2 Å². The van der Waals surface area contributed by atoms with Crippen molar-refractivity contribution in [3.8, 4) is 5.75 Å². The van der Waals surface area contributed by atoms with Gasteiger partial charge in [-0.2, -0.15) is 0 Å². The number of carbonyl (C=O) groups excluding carboxylic acids is 1. The van der Waals surface area contributed by atoms with Crippen molar-refractivity contribution in [3.63, 3.8) is 0 Å². The van der Waals surface area contributed by atoms with Crippen LogP contribution in [0.2, 0.25) is 0 Å². The smallest absolute Gasteiger partial charge is 0.230 e. The Hall–Kier alpha value is -1.99. The molecule has 0 spiro atoms. The number of anilines is 1. The standard InChI is InChI=1S/C16H12BrFN2O2S/c1-22-12-3-2-4-13-15(12)20-16(23-13)19-14(21)8-9-5-6-11(18)10(17)7-9/h2-7H,8H2,1H3,(H,19,20,21). The molecule has 0 aliphatic heterocycles. The Morgan fingerprint density at radius 1 is 1.39 bits per heavy atom. The Balaban J connectivity index is 1.76. The molecule has 0 radical (unpaired) electrons. The topological polar surface area (TPSA) is 51.2 Å². The highest BCUT2D eigenvalue weighted by molar-refractivity contribution is 9.10. The summed E-state index contributed by atoms with van der Waals surface area (Å²) in [5.74, 6) is 0.107. The van der Waals surface area contributed by atoms with Crippen LogP contribution in [0.15, 0.2) is 40.9 Å². The van der Waals surface area contributed by atoms with E-state index in [9.17, 15) is 9.18 Å². The Kier molecular flexibility index (Phi) is 4.58. The van der Waals surface area contributed by atoms with E-state index in [1.807, 2.05) is 18.2 Å². The number of amides is 1. The SMILES string of the molecule is COc1cccc2sc(NC(=O)Cc3ccc(F)c(Br)c3)nc12. The van der Waals surface area contributed by atoms with E-state index in [1.165, 1.54) is 17.4 Å². The van der Waals surface area contributed by atoms with Gasteiger partial charge in [0.25, 0.3) is 0 Å². The van der Waals surface area contributed by atoms with Crippen LogP contribution in [0.5, 0.6) is 5.75 Å². The highest BCUT2D eigenvalue weighted by atomic mass is 79.9. The third kappa shape index (κ3) is 3.51. The monoisotopic (exact) mass is 394 g/mol. The van der Waals surface area contributed by atoms with Crippen molar-refractivity contribution in [2.75, 3.05) is 12.4 Å². The van der Waals surface area contributed by atoms with Crippen molar-refractivity contribution in [2.24, 2.45) is 0 Å². The molecule has 0 fully saturated rings. The lowest BCUT2D eigenvalue weighted by Gasteiger charge is -2.03. The second kappa shape index (κ2) is 6.64. The maximum absolute atomic E-state index is 13.2. The van der Waals surface area contributed by atoms with Gasteiger partial charge in [0.1, 0.15) is 17.1 Å². The van der Waals surface area contributed by atoms with Crippen LogP contribution in [0.3, 0.4) is 0 Å². The molecule has 0 saturated heterocycles. The fraction of sp³-hybridized carbons (Fsp3) is 0.125. The lowest BCUT2D eigenvalue weighted by atomic mass is 10.1. The number of nitrogens with one attached hydrogen (secondary N) is 1. The largest absolute Gasteiger partial charge is 0.494 e. The van der Waals surface area contributed by atoms with Crippen LogP contribution in [0.25, 0.3) is 10.2 Å². The molecule has 1 aromatic heterocycles. The number of thiazole rings is 1. The summed E-state index contributed by atoms with van der Waals surface area (Å²) in [5.41, 5.74) is 1.44. The molecule has 0 aliphatic carbocycles. The number of rotatable bonds is 4. The average molecular weight is 395 g/mol. The minimum absolute atomic E-state index is 0.145. The minimum atomic E-state index is -0.354. The molecular formula is C16H12BrFN2O2S. The van der Waals surface area contributed by atoms with Crippen molar-refractivity contribution >= 4 is 48.5 Å². The highest BCUT2D eigenvalue weighted by Gasteiger charge is 2.12. The lowest BCUT2D eigenvalue weighted by Crippen LogP contribution is -2.14. The number of nitrogens with zero attached hydrogens (tertiary/aromatic N) is 1. The van der Waals surface area contributed by atoms with Gasteiger partial charge in [-0.25, -0.2) is 9.37 Å². The molecule has 2 aromatic carbocycles. The molecule has 3 rings (SSSR count). The molecule has 0 unspecified atom stereocenters. The molecule has 0 atom stereocenters. The molecule has 4 nitrogen and oxygen atoms in total. The summed E-state index contributed by atoms with van der Waals surface area (Å²) in [4.78, 5) is 16.5. The van der Waals surface area contributed by atoms with E-state index >= 15 is 0 Å². The molecule has 1 heterocycles. The summed E-state index contributed by atoms with van der Waals surface area (Å²) in [6.45, 7) is 0. The van der Waals surface area contributed by atoms with E-state index in [1.54, 1.807) is 19.2 Å². The Morgan fingerprint density at radius 2 is 2.22 bits per heavy atom. The van der Waals surface area contributed by atoms with Gasteiger partial charge in [-0.15, -0.1) is 0 Å². The van der Waals surface area contributed by atoms with Crippen molar-refractivity contribution in [1.29, 1.82) is 0 Å². The van der Waals surface area contributed by atoms with Crippen molar-refractivity contribution in [1.82, 2.24) is 4.98 Å². The molecule has 0 bridgehead atoms. The first-order valence-electron chi connectivity index (χ1n) is 6.74. The molecule has 0 saturated carbocycles. The van der Waals surface area contributed by atoms with E-state index in [0.717, 1.165) is 15.8 Å². The number of hydrogen-bond donors (Lipinski definition) is 1. The minimum Gasteiger partial charge on any atom is -0.494 e. The van der Waals surface area contributed by atoms with E-state index in [-0.39, 0.29) is 18.1 Å². The number of ether oxygens (including phenoxy) is 1. The summed E-state index contributed by atoms with van der Waals surface area (Å²) >= 11 is 4.49. The predicted octanol–water partition coefficient (Wildman–Crippen LogP) is 4.39. The zero-order valence-corrected chi connectivity index (χ0v) is 14.5. The van der Waals surface area contributed by atoms with Gasteiger partial charge in [-0.3, -0.25) is 4.79 Å². The second-order valence-corrected chi connectivity index (χ2v) is 6.68. The van der Waals surface area contributed by atoms with Crippen LogP contribution in [0.1, 0.15) is 5.56 Å². The number of benzene rings is 2. The van der Waals surface area contributed by atoms with Crippen LogP contribution < -0.4 is 10.1 Å². The van der Waals surface area contributed by atoms with E-state index in [4.69, 9.17) is 4.74 Å². The second-order valence-electron chi connectivity index (χ2n) is 4.80. The zero-order chi connectivity index (χ0) is 16.4. The fourth-order valence-electron chi connectivity index (χ4n) is 2.14. The van der Waals surface area contributed by atoms with Gasteiger partial charge in [0, 0.05) is 0 Å². The average Bonchev–Trinajstić information content (AvgIpc) is 2.92. The first kappa shape index (κ1) is 15.9. The molecule has 3 aromatic rings. The number of methoxy groups -OCH3 is 1. The number of halogens is 2. The Bertz CT molecular complexity index is 882. The van der Waals surface area contributed by atoms with Crippen molar-refractivity contribution in [3.05, 3.63) is 52.3 Å². The molecule has 7 heteroatoms. The lowest BCUT2D eigenvalue weighted by molar-refractivity contribution is -0.115. The number of aromatic nitrogens is 1. The molecule has 1 N–H and O–H groups in total. The molecule has 0 aliphatic rings. The number of para-hydroxylation sites is 1. The third-order valence-electron chi connectivity index (χ3n) is 3.20. The molecule has 23 heavy (non-hydrogen) atoms. The molecule has 118 valence electrons.